The summed E-state index contributed by atoms with van der Waals surface area (Å²) in [5.41, 5.74) is 5.45. The number of amides is 2. The van der Waals surface area contributed by atoms with Crippen LogP contribution in [0.2, 0.25) is 0 Å². The number of aromatic carboxylic acids is 1. The zero-order valence-corrected chi connectivity index (χ0v) is 19.7. The van der Waals surface area contributed by atoms with Crippen molar-refractivity contribution < 1.29 is 24.2 Å². The van der Waals surface area contributed by atoms with Crippen LogP contribution in [-0.4, -0.2) is 35.7 Å². The number of alkyl carbamates (subject to hydrolysis) is 1. The maximum absolute atomic E-state index is 12.9. The van der Waals surface area contributed by atoms with Crippen LogP contribution >= 0.6 is 0 Å². The van der Waals surface area contributed by atoms with Gasteiger partial charge in [0.1, 0.15) is 12.6 Å². The minimum atomic E-state index is -1.07. The van der Waals surface area contributed by atoms with Crippen molar-refractivity contribution in [1.29, 1.82) is 0 Å². The first kappa shape index (κ1) is 24.0. The van der Waals surface area contributed by atoms with Gasteiger partial charge in [-0.05, 0) is 53.3 Å². The van der Waals surface area contributed by atoms with Gasteiger partial charge in [0.25, 0.3) is 0 Å². The zero-order valence-electron chi connectivity index (χ0n) is 19.7. The molecule has 3 aromatic rings. The lowest BCUT2D eigenvalue weighted by molar-refractivity contribution is -0.118. The average Bonchev–Trinajstić information content (AvgIpc) is 3.17. The van der Waals surface area contributed by atoms with E-state index in [1.165, 1.54) is 6.07 Å². The van der Waals surface area contributed by atoms with E-state index < -0.39 is 24.0 Å². The Balaban J connectivity index is 1.42. The molecule has 35 heavy (non-hydrogen) atoms. The predicted molar refractivity (Wildman–Crippen MR) is 134 cm³/mol. The molecule has 4 rings (SSSR count). The van der Waals surface area contributed by atoms with Crippen LogP contribution in [-0.2, 0) is 9.53 Å². The van der Waals surface area contributed by atoms with Crippen LogP contribution in [0.5, 0.6) is 0 Å². The summed E-state index contributed by atoms with van der Waals surface area (Å²) in [5.74, 6) is -1.57. The standard InChI is InChI=1S/C28H28N2O5/c1-3-9-25(26(31)29-24-15-8-14-18(17(24)2)27(32)33)30-28(34)35-16-23-21-12-6-4-10-19(21)20-11-5-7-13-22(20)23/h4-8,10-15,23,25H,3,9,16H2,1-2H3,(H,29,31)(H,30,34)(H,32,33)/t25-/m1/s1. The fourth-order valence-electron chi connectivity index (χ4n) is 4.56. The number of hydrogen-bond acceptors (Lipinski definition) is 4. The Labute approximate surface area is 204 Å². The molecule has 0 saturated carbocycles. The number of ether oxygens (including phenoxy) is 1. The predicted octanol–water partition coefficient (Wildman–Crippen LogP) is 5.34. The van der Waals surface area contributed by atoms with E-state index in [0.29, 0.717) is 24.1 Å². The number of carboxylic acid groups (broad SMARTS) is 1. The molecule has 0 radical (unpaired) electrons. The van der Waals surface area contributed by atoms with Crippen molar-refractivity contribution >= 4 is 23.7 Å². The van der Waals surface area contributed by atoms with Gasteiger partial charge in [0.05, 0.1) is 5.56 Å². The number of hydrogen-bond donors (Lipinski definition) is 3. The Bertz CT molecular complexity index is 1220. The van der Waals surface area contributed by atoms with Crippen LogP contribution in [0, 0.1) is 6.92 Å². The van der Waals surface area contributed by atoms with Crippen LogP contribution in [0.3, 0.4) is 0 Å². The highest BCUT2D eigenvalue weighted by Gasteiger charge is 2.29. The molecule has 0 aromatic heterocycles. The number of fused-ring (bicyclic) bond motifs is 3. The summed E-state index contributed by atoms with van der Waals surface area (Å²) in [4.78, 5) is 37.0. The molecule has 3 aromatic carbocycles. The summed E-state index contributed by atoms with van der Waals surface area (Å²) in [5, 5.41) is 14.7. The molecular formula is C28H28N2O5. The number of carbonyl (C=O) groups is 3. The smallest absolute Gasteiger partial charge is 0.407 e. The van der Waals surface area contributed by atoms with Crippen molar-refractivity contribution in [3.63, 3.8) is 0 Å². The van der Waals surface area contributed by atoms with Crippen molar-refractivity contribution in [1.82, 2.24) is 5.32 Å². The average molecular weight is 473 g/mol. The molecule has 2 amide bonds. The first-order valence-electron chi connectivity index (χ1n) is 11.7. The minimum Gasteiger partial charge on any atom is -0.478 e. The lowest BCUT2D eigenvalue weighted by Crippen LogP contribution is -2.44. The monoisotopic (exact) mass is 472 g/mol. The molecule has 3 N–H and O–H groups in total. The molecule has 0 saturated heterocycles. The Morgan fingerprint density at radius 3 is 2.17 bits per heavy atom. The third kappa shape index (κ3) is 5.04. The molecule has 0 heterocycles. The van der Waals surface area contributed by atoms with E-state index in [2.05, 4.69) is 22.8 Å². The quantitative estimate of drug-likeness (QED) is 0.411. The number of nitrogens with one attached hydrogen (secondary N) is 2. The molecule has 7 heteroatoms. The Hall–Kier alpha value is -4.13. The summed E-state index contributed by atoms with van der Waals surface area (Å²) >= 11 is 0. The van der Waals surface area contributed by atoms with Gasteiger partial charge in [0.2, 0.25) is 5.91 Å². The van der Waals surface area contributed by atoms with Gasteiger partial charge in [-0.1, -0.05) is 67.9 Å². The summed E-state index contributed by atoms with van der Waals surface area (Å²) in [6, 6.07) is 20.0. The van der Waals surface area contributed by atoms with Gasteiger partial charge in [-0.15, -0.1) is 0 Å². The highest BCUT2D eigenvalue weighted by molar-refractivity contribution is 5.99. The third-order valence-electron chi connectivity index (χ3n) is 6.35. The lowest BCUT2D eigenvalue weighted by atomic mass is 9.98. The molecule has 1 atom stereocenters. The number of carboxylic acids is 1. The van der Waals surface area contributed by atoms with Gasteiger partial charge >= 0.3 is 12.1 Å². The highest BCUT2D eigenvalue weighted by atomic mass is 16.5. The Morgan fingerprint density at radius 2 is 1.57 bits per heavy atom. The third-order valence-corrected chi connectivity index (χ3v) is 6.35. The lowest BCUT2D eigenvalue weighted by Gasteiger charge is -2.20. The van der Waals surface area contributed by atoms with Crippen LogP contribution in [0.15, 0.2) is 66.7 Å². The number of rotatable bonds is 8. The number of carbonyl (C=O) groups excluding carboxylic acids is 2. The normalized spacial score (nSPS) is 12.9. The molecule has 1 aliphatic rings. The Kier molecular flexibility index (Phi) is 7.15. The second-order valence-corrected chi connectivity index (χ2v) is 8.58. The van der Waals surface area contributed by atoms with E-state index in [1.807, 2.05) is 43.3 Å². The first-order chi connectivity index (χ1) is 16.9. The molecule has 0 bridgehead atoms. The summed E-state index contributed by atoms with van der Waals surface area (Å²) < 4.78 is 5.58. The van der Waals surface area contributed by atoms with Crippen molar-refractivity contribution in [2.45, 2.75) is 38.6 Å². The summed E-state index contributed by atoms with van der Waals surface area (Å²) in [6.07, 6.45) is 0.403. The minimum absolute atomic E-state index is 0.0759. The van der Waals surface area contributed by atoms with E-state index in [1.54, 1.807) is 19.1 Å². The van der Waals surface area contributed by atoms with Gasteiger partial charge < -0.3 is 20.5 Å². The van der Waals surface area contributed by atoms with Crippen LogP contribution in [0.4, 0.5) is 10.5 Å². The van der Waals surface area contributed by atoms with Crippen LogP contribution < -0.4 is 10.6 Å². The topological polar surface area (TPSA) is 105 Å². The summed E-state index contributed by atoms with van der Waals surface area (Å²) in [6.45, 7) is 3.70. The van der Waals surface area contributed by atoms with Gasteiger partial charge in [-0.2, -0.15) is 0 Å². The second kappa shape index (κ2) is 10.4. The van der Waals surface area contributed by atoms with Crippen molar-refractivity contribution in [3.8, 4) is 11.1 Å². The fraction of sp³-hybridized carbons (Fsp3) is 0.250. The molecule has 1 aliphatic carbocycles. The van der Waals surface area contributed by atoms with E-state index in [4.69, 9.17) is 4.74 Å². The second-order valence-electron chi connectivity index (χ2n) is 8.58. The molecule has 0 spiro atoms. The van der Waals surface area contributed by atoms with Gasteiger partial charge in [0, 0.05) is 11.6 Å². The fourth-order valence-corrected chi connectivity index (χ4v) is 4.56. The van der Waals surface area contributed by atoms with Gasteiger partial charge in [-0.25, -0.2) is 9.59 Å². The van der Waals surface area contributed by atoms with Gasteiger partial charge in [0.15, 0.2) is 0 Å². The maximum Gasteiger partial charge on any atom is 0.407 e. The number of anilines is 1. The molecule has 0 aliphatic heterocycles. The van der Waals surface area contributed by atoms with Crippen LogP contribution in [0.1, 0.15) is 52.7 Å². The van der Waals surface area contributed by atoms with E-state index in [0.717, 1.165) is 22.3 Å². The van der Waals surface area contributed by atoms with Crippen molar-refractivity contribution in [3.05, 3.63) is 89.0 Å². The first-order valence-corrected chi connectivity index (χ1v) is 11.7. The molecule has 0 unspecified atom stereocenters. The molecule has 0 fully saturated rings. The molecular weight excluding hydrogens is 444 g/mol. The maximum atomic E-state index is 12.9. The molecule has 180 valence electrons. The zero-order chi connectivity index (χ0) is 24.9. The van der Waals surface area contributed by atoms with Crippen molar-refractivity contribution in [2.75, 3.05) is 11.9 Å². The SMILES string of the molecule is CCC[C@@H](NC(=O)OCC1c2ccccc2-c2ccccc21)C(=O)Nc1cccc(C(=O)O)c1C. The summed E-state index contributed by atoms with van der Waals surface area (Å²) in [7, 11) is 0. The Morgan fingerprint density at radius 1 is 0.943 bits per heavy atom. The van der Waals surface area contributed by atoms with Crippen LogP contribution in [0.25, 0.3) is 11.1 Å². The number of benzene rings is 3. The largest absolute Gasteiger partial charge is 0.478 e. The van der Waals surface area contributed by atoms with E-state index >= 15 is 0 Å². The van der Waals surface area contributed by atoms with Gasteiger partial charge in [-0.3, -0.25) is 4.79 Å². The van der Waals surface area contributed by atoms with Crippen molar-refractivity contribution in [2.24, 2.45) is 0 Å². The highest BCUT2D eigenvalue weighted by Crippen LogP contribution is 2.44. The van der Waals surface area contributed by atoms with E-state index in [-0.39, 0.29) is 18.1 Å². The van der Waals surface area contributed by atoms with E-state index in [9.17, 15) is 19.5 Å². The molecule has 7 nitrogen and oxygen atoms in total.